The fourth-order valence-electron chi connectivity index (χ4n) is 4.03. The molecule has 1 amide bonds. The van der Waals surface area contributed by atoms with Crippen molar-refractivity contribution in [1.82, 2.24) is 10.2 Å². The van der Waals surface area contributed by atoms with Crippen molar-refractivity contribution in [3.8, 4) is 11.5 Å². The molecule has 1 saturated heterocycles. The molecule has 2 unspecified atom stereocenters. The van der Waals surface area contributed by atoms with Gasteiger partial charge in [-0.3, -0.25) is 4.79 Å². The molecule has 0 bridgehead atoms. The quantitative estimate of drug-likeness (QED) is 0.850. The summed E-state index contributed by atoms with van der Waals surface area (Å²) < 4.78 is 10.8. The van der Waals surface area contributed by atoms with Gasteiger partial charge >= 0.3 is 0 Å². The number of rotatable bonds is 5. The molecule has 1 fully saturated rings. The largest absolute Gasteiger partial charge is 0.493 e. The summed E-state index contributed by atoms with van der Waals surface area (Å²) in [6, 6.07) is 4.06. The number of methoxy groups -OCH3 is 2. The summed E-state index contributed by atoms with van der Waals surface area (Å²) in [5.74, 6) is 2.83. The average Bonchev–Trinajstić information content (AvgIpc) is 2.66. The molecule has 2 aliphatic heterocycles. The van der Waals surface area contributed by atoms with Gasteiger partial charge < -0.3 is 19.7 Å². The van der Waals surface area contributed by atoms with Gasteiger partial charge in [0, 0.05) is 19.5 Å². The standard InChI is InChI=1S/C20H30N2O3.ClH/c1-14(16-5-4-7-21-12-16)9-20(23)22-8-6-15-10-18(24-2)19(25-3)11-17(15)13-22;/h10-11,14,16,21H,4-9,12-13H2,1-3H3;1H. The van der Waals surface area contributed by atoms with Crippen molar-refractivity contribution in [3.05, 3.63) is 23.3 Å². The zero-order valence-electron chi connectivity index (χ0n) is 16.0. The van der Waals surface area contributed by atoms with E-state index >= 15 is 0 Å². The average molecular weight is 383 g/mol. The number of ether oxygens (including phenoxy) is 2. The Labute approximate surface area is 162 Å². The van der Waals surface area contributed by atoms with Crippen molar-refractivity contribution in [3.63, 3.8) is 0 Å². The monoisotopic (exact) mass is 382 g/mol. The summed E-state index contributed by atoms with van der Waals surface area (Å²) >= 11 is 0. The molecule has 2 aliphatic rings. The van der Waals surface area contributed by atoms with Gasteiger partial charge in [-0.25, -0.2) is 0 Å². The van der Waals surface area contributed by atoms with Gasteiger partial charge in [-0.1, -0.05) is 6.92 Å². The van der Waals surface area contributed by atoms with Crippen LogP contribution in [0.4, 0.5) is 0 Å². The lowest BCUT2D eigenvalue weighted by atomic mass is 9.85. The number of piperidine rings is 1. The second-order valence-electron chi connectivity index (χ2n) is 7.33. The minimum absolute atomic E-state index is 0. The van der Waals surface area contributed by atoms with Crippen molar-refractivity contribution >= 4 is 18.3 Å². The van der Waals surface area contributed by atoms with Gasteiger partial charge in [-0.15, -0.1) is 12.4 Å². The van der Waals surface area contributed by atoms with Crippen molar-refractivity contribution in [2.75, 3.05) is 33.9 Å². The maximum atomic E-state index is 12.8. The Balaban J connectivity index is 0.00000243. The SMILES string of the molecule is COc1cc2c(cc1OC)CN(C(=O)CC(C)C1CCCNC1)CC2.Cl. The fourth-order valence-corrected chi connectivity index (χ4v) is 4.03. The predicted molar refractivity (Wildman–Crippen MR) is 105 cm³/mol. The molecule has 1 aromatic carbocycles. The van der Waals surface area contributed by atoms with Crippen LogP contribution in [-0.4, -0.2) is 44.7 Å². The van der Waals surface area contributed by atoms with Crippen molar-refractivity contribution in [2.24, 2.45) is 11.8 Å². The summed E-state index contributed by atoms with van der Waals surface area (Å²) in [7, 11) is 3.31. The highest BCUT2D eigenvalue weighted by Crippen LogP contribution is 2.33. The molecule has 0 saturated carbocycles. The zero-order chi connectivity index (χ0) is 17.8. The molecule has 3 rings (SSSR count). The Hall–Kier alpha value is -1.46. The summed E-state index contributed by atoms with van der Waals surface area (Å²) in [5.41, 5.74) is 2.43. The van der Waals surface area contributed by atoms with E-state index in [1.807, 2.05) is 17.0 Å². The van der Waals surface area contributed by atoms with E-state index in [-0.39, 0.29) is 18.3 Å². The first-order chi connectivity index (χ1) is 12.1. The predicted octanol–water partition coefficient (Wildman–Crippen LogP) is 3.04. The van der Waals surface area contributed by atoms with E-state index < -0.39 is 0 Å². The van der Waals surface area contributed by atoms with Gasteiger partial charge in [-0.05, 0) is 67.4 Å². The Kier molecular flexibility index (Phi) is 7.59. The third kappa shape index (κ3) is 4.63. The molecule has 0 spiro atoms. The number of nitrogens with zero attached hydrogens (tertiary/aromatic N) is 1. The number of hydrogen-bond acceptors (Lipinski definition) is 4. The number of halogens is 1. The van der Waals surface area contributed by atoms with Gasteiger partial charge in [0.2, 0.25) is 5.91 Å². The number of nitrogens with one attached hydrogen (secondary N) is 1. The van der Waals surface area contributed by atoms with Gasteiger partial charge in [-0.2, -0.15) is 0 Å². The lowest BCUT2D eigenvalue weighted by molar-refractivity contribution is -0.133. The van der Waals surface area contributed by atoms with Crippen LogP contribution in [0.3, 0.4) is 0 Å². The number of benzene rings is 1. The van der Waals surface area contributed by atoms with Crippen LogP contribution in [0.2, 0.25) is 0 Å². The zero-order valence-corrected chi connectivity index (χ0v) is 16.9. The maximum absolute atomic E-state index is 12.8. The lowest BCUT2D eigenvalue weighted by Gasteiger charge is -2.33. The highest BCUT2D eigenvalue weighted by Gasteiger charge is 2.27. The Morgan fingerprint density at radius 3 is 2.58 bits per heavy atom. The number of carbonyl (C=O) groups is 1. The van der Waals surface area contributed by atoms with E-state index in [2.05, 4.69) is 12.2 Å². The van der Waals surface area contributed by atoms with Crippen LogP contribution in [0, 0.1) is 11.8 Å². The molecule has 2 heterocycles. The lowest BCUT2D eigenvalue weighted by Crippen LogP contribution is -2.39. The van der Waals surface area contributed by atoms with Crippen molar-refractivity contribution in [2.45, 2.75) is 39.2 Å². The van der Waals surface area contributed by atoms with Gasteiger partial charge in [0.1, 0.15) is 0 Å². The smallest absolute Gasteiger partial charge is 0.223 e. The summed E-state index contributed by atoms with van der Waals surface area (Å²) in [6.07, 6.45) is 3.99. The van der Waals surface area contributed by atoms with E-state index in [1.54, 1.807) is 14.2 Å². The first-order valence-corrected chi connectivity index (χ1v) is 9.34. The highest BCUT2D eigenvalue weighted by atomic mass is 35.5. The second-order valence-corrected chi connectivity index (χ2v) is 7.33. The summed E-state index contributed by atoms with van der Waals surface area (Å²) in [4.78, 5) is 14.8. The van der Waals surface area contributed by atoms with E-state index in [1.165, 1.54) is 24.0 Å². The van der Waals surface area contributed by atoms with E-state index in [9.17, 15) is 4.79 Å². The van der Waals surface area contributed by atoms with Crippen molar-refractivity contribution in [1.29, 1.82) is 0 Å². The van der Waals surface area contributed by atoms with Crippen LogP contribution in [0.1, 0.15) is 37.3 Å². The van der Waals surface area contributed by atoms with Crippen LogP contribution in [0.5, 0.6) is 11.5 Å². The molecule has 1 N–H and O–H groups in total. The maximum Gasteiger partial charge on any atom is 0.223 e. The minimum Gasteiger partial charge on any atom is -0.493 e. The molecule has 0 aliphatic carbocycles. The highest BCUT2D eigenvalue weighted by molar-refractivity contribution is 5.85. The molecule has 0 radical (unpaired) electrons. The van der Waals surface area contributed by atoms with Crippen LogP contribution in [0.25, 0.3) is 0 Å². The minimum atomic E-state index is 0. The molecule has 5 nitrogen and oxygen atoms in total. The number of amides is 1. The Morgan fingerprint density at radius 2 is 1.96 bits per heavy atom. The topological polar surface area (TPSA) is 50.8 Å². The number of carbonyl (C=O) groups excluding carboxylic acids is 1. The Morgan fingerprint density at radius 1 is 1.27 bits per heavy atom. The molecule has 146 valence electrons. The van der Waals surface area contributed by atoms with Gasteiger partial charge in [0.05, 0.1) is 14.2 Å². The van der Waals surface area contributed by atoms with Crippen LogP contribution < -0.4 is 14.8 Å². The summed E-state index contributed by atoms with van der Waals surface area (Å²) in [5, 5.41) is 3.45. The molecule has 26 heavy (non-hydrogen) atoms. The molecular formula is C20H31ClN2O3. The van der Waals surface area contributed by atoms with E-state index in [0.717, 1.165) is 37.6 Å². The first-order valence-electron chi connectivity index (χ1n) is 9.34. The number of hydrogen-bond donors (Lipinski definition) is 1. The molecule has 6 heteroatoms. The second kappa shape index (κ2) is 9.47. The van der Waals surface area contributed by atoms with E-state index in [0.29, 0.717) is 24.8 Å². The Bertz CT molecular complexity index is 617. The van der Waals surface area contributed by atoms with Crippen molar-refractivity contribution < 1.29 is 14.3 Å². The van der Waals surface area contributed by atoms with Gasteiger partial charge in [0.25, 0.3) is 0 Å². The van der Waals surface area contributed by atoms with E-state index in [4.69, 9.17) is 9.47 Å². The molecule has 0 aromatic heterocycles. The van der Waals surface area contributed by atoms with Gasteiger partial charge in [0.15, 0.2) is 11.5 Å². The number of fused-ring (bicyclic) bond motifs is 1. The molecular weight excluding hydrogens is 352 g/mol. The molecule has 1 aromatic rings. The summed E-state index contributed by atoms with van der Waals surface area (Å²) in [6.45, 7) is 5.85. The first kappa shape index (κ1) is 20.8. The third-order valence-electron chi connectivity index (χ3n) is 5.71. The van der Waals surface area contributed by atoms with Crippen LogP contribution >= 0.6 is 12.4 Å². The third-order valence-corrected chi connectivity index (χ3v) is 5.71. The fraction of sp³-hybridized carbons (Fsp3) is 0.650. The van der Waals surface area contributed by atoms with Crippen LogP contribution in [-0.2, 0) is 17.8 Å². The molecule has 2 atom stereocenters. The van der Waals surface area contributed by atoms with Crippen LogP contribution in [0.15, 0.2) is 12.1 Å². The normalized spacial score (nSPS) is 20.6.